The van der Waals surface area contributed by atoms with E-state index in [2.05, 4.69) is 50.1 Å². The number of nitrogens with one attached hydrogen (secondary N) is 1. The van der Waals surface area contributed by atoms with Crippen molar-refractivity contribution in [1.82, 2.24) is 4.98 Å². The summed E-state index contributed by atoms with van der Waals surface area (Å²) in [5, 5.41) is 5.01. The number of amides is 1. The van der Waals surface area contributed by atoms with Crippen molar-refractivity contribution in [3.8, 4) is 0 Å². The van der Waals surface area contributed by atoms with Gasteiger partial charge in [0.25, 0.3) is 5.91 Å². The molecule has 0 saturated carbocycles. The highest BCUT2D eigenvalue weighted by Crippen LogP contribution is 2.28. The summed E-state index contributed by atoms with van der Waals surface area (Å²) >= 11 is 1.27. The van der Waals surface area contributed by atoms with Gasteiger partial charge in [0.2, 0.25) is 0 Å². The van der Waals surface area contributed by atoms with E-state index in [0.717, 1.165) is 11.3 Å². The van der Waals surface area contributed by atoms with Gasteiger partial charge in [-0.15, -0.1) is 11.3 Å². The Morgan fingerprint density at radius 3 is 2.48 bits per heavy atom. The van der Waals surface area contributed by atoms with Crippen LogP contribution in [0.2, 0.25) is 0 Å². The Hall–Kier alpha value is -1.88. The summed E-state index contributed by atoms with van der Waals surface area (Å²) in [6.45, 7) is 8.57. The molecule has 112 valence electrons. The van der Waals surface area contributed by atoms with Crippen LogP contribution in [0.15, 0.2) is 23.6 Å². The van der Waals surface area contributed by atoms with Gasteiger partial charge in [-0.2, -0.15) is 0 Å². The van der Waals surface area contributed by atoms with Gasteiger partial charge in [-0.3, -0.25) is 4.79 Å². The number of hydrogen-bond donors (Lipinski definition) is 2. The zero-order valence-electron chi connectivity index (χ0n) is 12.8. The van der Waals surface area contributed by atoms with E-state index in [9.17, 15) is 4.79 Å². The van der Waals surface area contributed by atoms with E-state index >= 15 is 0 Å². The molecule has 0 aliphatic rings. The fourth-order valence-electron chi connectivity index (χ4n) is 2.11. The zero-order chi connectivity index (χ0) is 15.6. The Morgan fingerprint density at radius 1 is 1.24 bits per heavy atom. The van der Waals surface area contributed by atoms with Crippen molar-refractivity contribution < 1.29 is 4.79 Å². The minimum absolute atomic E-state index is 0.220. The van der Waals surface area contributed by atoms with Crippen molar-refractivity contribution in [1.29, 1.82) is 0 Å². The molecule has 2 aromatic rings. The van der Waals surface area contributed by atoms with Crippen LogP contribution in [0, 0.1) is 0 Å². The van der Waals surface area contributed by atoms with Gasteiger partial charge in [-0.25, -0.2) is 4.98 Å². The topological polar surface area (TPSA) is 68.0 Å². The second kappa shape index (κ2) is 6.26. The molecule has 21 heavy (non-hydrogen) atoms. The summed E-state index contributed by atoms with van der Waals surface area (Å²) in [6.07, 6.45) is 0. The van der Waals surface area contributed by atoms with Gasteiger partial charge < -0.3 is 11.1 Å². The van der Waals surface area contributed by atoms with E-state index in [1.54, 1.807) is 5.38 Å². The third-order valence-corrected chi connectivity index (χ3v) is 4.04. The first-order valence-electron chi connectivity index (χ1n) is 7.04. The van der Waals surface area contributed by atoms with E-state index < -0.39 is 0 Å². The van der Waals surface area contributed by atoms with E-state index in [1.807, 2.05) is 6.07 Å². The highest BCUT2D eigenvalue weighted by Gasteiger charge is 2.14. The molecule has 0 aliphatic carbocycles. The van der Waals surface area contributed by atoms with E-state index in [4.69, 9.17) is 5.73 Å². The average molecular weight is 303 g/mol. The summed E-state index contributed by atoms with van der Waals surface area (Å²) < 4.78 is 0. The molecule has 0 atom stereocenters. The highest BCUT2D eigenvalue weighted by atomic mass is 32.1. The van der Waals surface area contributed by atoms with Gasteiger partial charge in [0.15, 0.2) is 5.13 Å². The van der Waals surface area contributed by atoms with Crippen molar-refractivity contribution >= 4 is 28.1 Å². The Bertz CT molecular complexity index is 647. The van der Waals surface area contributed by atoms with Crippen LogP contribution >= 0.6 is 11.3 Å². The maximum atomic E-state index is 12.2. The lowest BCUT2D eigenvalue weighted by Crippen LogP contribution is -2.14. The van der Waals surface area contributed by atoms with Crippen LogP contribution < -0.4 is 11.1 Å². The quantitative estimate of drug-likeness (QED) is 0.888. The van der Waals surface area contributed by atoms with Crippen molar-refractivity contribution in [2.75, 3.05) is 11.1 Å². The fourth-order valence-corrected chi connectivity index (χ4v) is 2.65. The molecular formula is C16H21N3OS. The molecule has 0 saturated heterocycles. The number of benzene rings is 1. The zero-order valence-corrected chi connectivity index (χ0v) is 13.6. The molecule has 0 unspecified atom stereocenters. The number of nitrogens with zero attached hydrogens (tertiary/aromatic N) is 1. The molecule has 2 rings (SSSR count). The van der Waals surface area contributed by atoms with Crippen molar-refractivity contribution in [3.63, 3.8) is 0 Å². The Balaban J connectivity index is 2.29. The van der Waals surface area contributed by atoms with Crippen LogP contribution in [0.1, 0.15) is 61.1 Å². The molecule has 4 nitrogen and oxygen atoms in total. The summed E-state index contributed by atoms with van der Waals surface area (Å²) in [7, 11) is 0. The van der Waals surface area contributed by atoms with Crippen LogP contribution in [-0.2, 0) is 0 Å². The fraction of sp³-hybridized carbons (Fsp3) is 0.375. The smallest absolute Gasteiger partial charge is 0.275 e. The van der Waals surface area contributed by atoms with Crippen LogP contribution in [-0.4, -0.2) is 10.9 Å². The molecule has 1 amide bonds. The predicted molar refractivity (Wildman–Crippen MR) is 89.1 cm³/mol. The Morgan fingerprint density at radius 2 is 1.95 bits per heavy atom. The third-order valence-electron chi connectivity index (χ3n) is 3.37. The average Bonchev–Trinajstić information content (AvgIpc) is 2.85. The second-order valence-electron chi connectivity index (χ2n) is 5.68. The van der Waals surface area contributed by atoms with Gasteiger partial charge in [0.1, 0.15) is 5.69 Å². The van der Waals surface area contributed by atoms with Gasteiger partial charge in [0, 0.05) is 11.1 Å². The van der Waals surface area contributed by atoms with Crippen molar-refractivity contribution in [2.24, 2.45) is 0 Å². The largest absolute Gasteiger partial charge is 0.375 e. The van der Waals surface area contributed by atoms with E-state index in [1.165, 1.54) is 16.9 Å². The van der Waals surface area contributed by atoms with E-state index in [-0.39, 0.29) is 5.91 Å². The Labute approximate surface area is 129 Å². The number of hydrogen-bond acceptors (Lipinski definition) is 4. The van der Waals surface area contributed by atoms with Gasteiger partial charge in [0.05, 0.1) is 0 Å². The molecule has 0 aliphatic heterocycles. The normalized spacial score (nSPS) is 11.1. The lowest BCUT2D eigenvalue weighted by molar-refractivity contribution is 0.102. The lowest BCUT2D eigenvalue weighted by atomic mass is 9.94. The van der Waals surface area contributed by atoms with Crippen molar-refractivity contribution in [3.05, 3.63) is 40.4 Å². The van der Waals surface area contributed by atoms with E-state index in [0.29, 0.717) is 22.7 Å². The monoisotopic (exact) mass is 303 g/mol. The second-order valence-corrected chi connectivity index (χ2v) is 6.57. The third kappa shape index (κ3) is 3.61. The number of carbonyl (C=O) groups excluding carboxylic acids is 1. The number of nitrogen functional groups attached to an aromatic ring is 1. The SMILES string of the molecule is CC(C)c1ccc(NC(=O)c2csc(N)n2)c(C(C)C)c1. The number of rotatable bonds is 4. The minimum atomic E-state index is -0.220. The summed E-state index contributed by atoms with van der Waals surface area (Å²) in [5.41, 5.74) is 9.18. The number of aromatic nitrogens is 1. The lowest BCUT2D eigenvalue weighted by Gasteiger charge is -2.16. The number of carbonyl (C=O) groups is 1. The maximum Gasteiger partial charge on any atom is 0.275 e. The first-order chi connectivity index (χ1) is 9.88. The van der Waals surface area contributed by atoms with Gasteiger partial charge in [-0.05, 0) is 29.0 Å². The number of thiazole rings is 1. The molecule has 5 heteroatoms. The van der Waals surface area contributed by atoms with Gasteiger partial charge >= 0.3 is 0 Å². The first-order valence-corrected chi connectivity index (χ1v) is 7.92. The molecule has 0 bridgehead atoms. The summed E-state index contributed by atoms with van der Waals surface area (Å²) in [4.78, 5) is 16.2. The summed E-state index contributed by atoms with van der Waals surface area (Å²) in [5.74, 6) is 0.576. The molecule has 1 aromatic carbocycles. The minimum Gasteiger partial charge on any atom is -0.375 e. The molecule has 0 radical (unpaired) electrons. The molecule has 0 fully saturated rings. The molecule has 1 heterocycles. The first kappa shape index (κ1) is 15.5. The molecule has 3 N–H and O–H groups in total. The number of anilines is 2. The number of nitrogens with two attached hydrogens (primary N) is 1. The maximum absolute atomic E-state index is 12.2. The van der Waals surface area contributed by atoms with Crippen LogP contribution in [0.5, 0.6) is 0 Å². The molecule has 0 spiro atoms. The van der Waals surface area contributed by atoms with Crippen LogP contribution in [0.4, 0.5) is 10.8 Å². The standard InChI is InChI=1S/C16H21N3OS/c1-9(2)11-5-6-13(12(7-11)10(3)4)18-15(20)14-8-21-16(17)19-14/h5-10H,1-4H3,(H2,17,19)(H,18,20). The van der Waals surface area contributed by atoms with Crippen LogP contribution in [0.3, 0.4) is 0 Å². The predicted octanol–water partition coefficient (Wildman–Crippen LogP) is 4.22. The highest BCUT2D eigenvalue weighted by molar-refractivity contribution is 7.13. The van der Waals surface area contributed by atoms with Crippen molar-refractivity contribution in [2.45, 2.75) is 39.5 Å². The molecule has 1 aromatic heterocycles. The Kier molecular flexibility index (Phi) is 4.63. The summed E-state index contributed by atoms with van der Waals surface area (Å²) in [6, 6.07) is 6.19. The van der Waals surface area contributed by atoms with Gasteiger partial charge in [-0.1, -0.05) is 39.8 Å². The van der Waals surface area contributed by atoms with Crippen LogP contribution in [0.25, 0.3) is 0 Å². The molecular weight excluding hydrogens is 282 g/mol.